The molecule has 1 aromatic carbocycles. The summed E-state index contributed by atoms with van der Waals surface area (Å²) in [6.45, 7) is 1.52. The second-order valence-electron chi connectivity index (χ2n) is 5.87. The van der Waals surface area contributed by atoms with Crippen molar-refractivity contribution in [3.05, 3.63) is 53.9 Å². The fourth-order valence-electron chi connectivity index (χ4n) is 3.18. The molecular formula is C17H22N4O. The van der Waals surface area contributed by atoms with Crippen molar-refractivity contribution in [1.82, 2.24) is 14.7 Å². The van der Waals surface area contributed by atoms with Gasteiger partial charge in [0.25, 0.3) is 0 Å². The van der Waals surface area contributed by atoms with Gasteiger partial charge in [-0.2, -0.15) is 5.10 Å². The number of aromatic nitrogens is 2. The van der Waals surface area contributed by atoms with E-state index in [0.717, 1.165) is 31.5 Å². The number of piperidine rings is 1. The zero-order valence-corrected chi connectivity index (χ0v) is 12.9. The summed E-state index contributed by atoms with van der Waals surface area (Å²) in [5.74, 6) is 0.499. The third-order valence-electron chi connectivity index (χ3n) is 4.51. The van der Waals surface area contributed by atoms with Gasteiger partial charge < -0.3 is 10.6 Å². The number of hydrogen-bond acceptors (Lipinski definition) is 3. The van der Waals surface area contributed by atoms with Crippen LogP contribution in [0, 0.1) is 0 Å². The van der Waals surface area contributed by atoms with E-state index < -0.39 is 6.04 Å². The molecule has 5 nitrogen and oxygen atoms in total. The van der Waals surface area contributed by atoms with Gasteiger partial charge in [-0.15, -0.1) is 0 Å². The fourth-order valence-corrected chi connectivity index (χ4v) is 3.18. The molecule has 0 radical (unpaired) electrons. The highest BCUT2D eigenvalue weighted by molar-refractivity contribution is 5.83. The Bertz CT molecular complexity index is 629. The summed E-state index contributed by atoms with van der Waals surface area (Å²) in [5, 5.41) is 4.23. The number of benzene rings is 1. The van der Waals surface area contributed by atoms with Crippen LogP contribution in [0.25, 0.3) is 0 Å². The highest BCUT2D eigenvalue weighted by Gasteiger charge is 2.28. The van der Waals surface area contributed by atoms with Crippen molar-refractivity contribution in [2.45, 2.75) is 24.8 Å². The molecule has 116 valence electrons. The number of nitrogens with two attached hydrogens (primary N) is 1. The first-order valence-corrected chi connectivity index (χ1v) is 7.74. The van der Waals surface area contributed by atoms with Crippen LogP contribution in [0.5, 0.6) is 0 Å². The van der Waals surface area contributed by atoms with Crippen molar-refractivity contribution in [2.24, 2.45) is 12.8 Å². The molecule has 2 aromatic rings. The molecule has 0 saturated carbocycles. The summed E-state index contributed by atoms with van der Waals surface area (Å²) >= 11 is 0. The molecule has 0 unspecified atom stereocenters. The predicted molar refractivity (Wildman–Crippen MR) is 85.1 cm³/mol. The number of likely N-dealkylation sites (tertiary alicyclic amines) is 1. The Morgan fingerprint density at radius 2 is 1.91 bits per heavy atom. The lowest BCUT2D eigenvalue weighted by molar-refractivity contribution is -0.133. The van der Waals surface area contributed by atoms with E-state index in [1.54, 1.807) is 0 Å². The summed E-state index contributed by atoms with van der Waals surface area (Å²) in [4.78, 5) is 14.4. The Morgan fingerprint density at radius 1 is 1.23 bits per heavy atom. The number of hydrogen-bond donors (Lipinski definition) is 1. The Labute approximate surface area is 130 Å². The maximum Gasteiger partial charge on any atom is 0.244 e. The Morgan fingerprint density at radius 3 is 2.50 bits per heavy atom. The molecular weight excluding hydrogens is 276 g/mol. The van der Waals surface area contributed by atoms with Crippen LogP contribution in [0.1, 0.15) is 36.1 Å². The quantitative estimate of drug-likeness (QED) is 0.940. The van der Waals surface area contributed by atoms with Crippen molar-refractivity contribution in [3.8, 4) is 0 Å². The van der Waals surface area contributed by atoms with E-state index in [1.807, 2.05) is 53.2 Å². The molecule has 1 aliphatic heterocycles. The van der Waals surface area contributed by atoms with Crippen LogP contribution >= 0.6 is 0 Å². The minimum atomic E-state index is -0.561. The zero-order valence-electron chi connectivity index (χ0n) is 12.9. The van der Waals surface area contributed by atoms with Crippen LogP contribution in [0.3, 0.4) is 0 Å². The number of aryl methyl sites for hydroxylation is 1. The second-order valence-corrected chi connectivity index (χ2v) is 5.87. The monoisotopic (exact) mass is 298 g/mol. The lowest BCUT2D eigenvalue weighted by Crippen LogP contribution is -2.43. The molecule has 1 aromatic heterocycles. The summed E-state index contributed by atoms with van der Waals surface area (Å²) in [6, 6.07) is 11.1. The van der Waals surface area contributed by atoms with E-state index in [4.69, 9.17) is 5.73 Å². The molecule has 3 rings (SSSR count). The normalized spacial score (nSPS) is 17.5. The van der Waals surface area contributed by atoms with Gasteiger partial charge in [0.1, 0.15) is 6.04 Å². The molecule has 22 heavy (non-hydrogen) atoms. The SMILES string of the molecule is Cn1nccc1C1CCN(C(=O)[C@H](N)c2ccccc2)CC1. The van der Waals surface area contributed by atoms with Gasteiger partial charge in [0.05, 0.1) is 0 Å². The van der Waals surface area contributed by atoms with Gasteiger partial charge in [-0.05, 0) is 24.5 Å². The first kappa shape index (κ1) is 14.8. The number of nitrogens with zero attached hydrogens (tertiary/aromatic N) is 3. The van der Waals surface area contributed by atoms with Crippen LogP contribution in [0.15, 0.2) is 42.6 Å². The largest absolute Gasteiger partial charge is 0.341 e. The van der Waals surface area contributed by atoms with E-state index in [0.29, 0.717) is 5.92 Å². The zero-order chi connectivity index (χ0) is 15.5. The Kier molecular flexibility index (Phi) is 4.24. The number of carbonyl (C=O) groups is 1. The molecule has 1 amide bonds. The molecule has 1 aliphatic rings. The molecule has 2 heterocycles. The first-order chi connectivity index (χ1) is 10.7. The minimum Gasteiger partial charge on any atom is -0.341 e. The molecule has 0 bridgehead atoms. The van der Waals surface area contributed by atoms with Crippen molar-refractivity contribution in [3.63, 3.8) is 0 Å². The number of amides is 1. The van der Waals surface area contributed by atoms with Gasteiger partial charge in [-0.1, -0.05) is 30.3 Å². The van der Waals surface area contributed by atoms with Crippen LogP contribution in [0.4, 0.5) is 0 Å². The maximum atomic E-state index is 12.5. The predicted octanol–water partition coefficient (Wildman–Crippen LogP) is 1.83. The van der Waals surface area contributed by atoms with Gasteiger partial charge >= 0.3 is 0 Å². The van der Waals surface area contributed by atoms with Crippen LogP contribution in [0.2, 0.25) is 0 Å². The minimum absolute atomic E-state index is 0.0228. The number of rotatable bonds is 3. The summed E-state index contributed by atoms with van der Waals surface area (Å²) in [7, 11) is 1.97. The molecule has 1 saturated heterocycles. The molecule has 5 heteroatoms. The first-order valence-electron chi connectivity index (χ1n) is 7.74. The molecule has 0 spiro atoms. The number of carbonyl (C=O) groups excluding carboxylic acids is 1. The molecule has 1 atom stereocenters. The standard InChI is InChI=1S/C17H22N4O/c1-20-15(7-10-19-20)13-8-11-21(12-9-13)17(22)16(18)14-5-3-2-4-6-14/h2-7,10,13,16H,8-9,11-12,18H2,1H3/t16-/m1/s1. The summed E-state index contributed by atoms with van der Waals surface area (Å²) < 4.78 is 1.93. The highest BCUT2D eigenvalue weighted by atomic mass is 16.2. The third-order valence-corrected chi connectivity index (χ3v) is 4.51. The van der Waals surface area contributed by atoms with Crippen molar-refractivity contribution in [1.29, 1.82) is 0 Å². The van der Waals surface area contributed by atoms with E-state index in [1.165, 1.54) is 5.69 Å². The van der Waals surface area contributed by atoms with Crippen molar-refractivity contribution in [2.75, 3.05) is 13.1 Å². The van der Waals surface area contributed by atoms with Gasteiger partial charge in [-0.3, -0.25) is 9.48 Å². The maximum absolute atomic E-state index is 12.5. The summed E-state index contributed by atoms with van der Waals surface area (Å²) in [5.41, 5.74) is 8.24. The van der Waals surface area contributed by atoms with Gasteiger partial charge in [0.15, 0.2) is 0 Å². The van der Waals surface area contributed by atoms with Crippen LogP contribution in [-0.4, -0.2) is 33.7 Å². The van der Waals surface area contributed by atoms with Crippen molar-refractivity contribution < 1.29 is 4.79 Å². The average molecular weight is 298 g/mol. The van der Waals surface area contributed by atoms with Gasteiger partial charge in [-0.25, -0.2) is 0 Å². The van der Waals surface area contributed by atoms with Crippen LogP contribution in [-0.2, 0) is 11.8 Å². The molecule has 0 aliphatic carbocycles. The van der Waals surface area contributed by atoms with Gasteiger partial charge in [0.2, 0.25) is 5.91 Å². The molecule has 2 N–H and O–H groups in total. The smallest absolute Gasteiger partial charge is 0.244 e. The van der Waals surface area contributed by atoms with Gasteiger partial charge in [0, 0.05) is 37.9 Å². The lowest BCUT2D eigenvalue weighted by atomic mass is 9.92. The van der Waals surface area contributed by atoms with Crippen molar-refractivity contribution >= 4 is 5.91 Å². The summed E-state index contributed by atoms with van der Waals surface area (Å²) in [6.07, 6.45) is 3.76. The average Bonchev–Trinajstić information content (AvgIpc) is 3.00. The fraction of sp³-hybridized carbons (Fsp3) is 0.412. The van der Waals surface area contributed by atoms with Crippen LogP contribution < -0.4 is 5.73 Å². The topological polar surface area (TPSA) is 64.2 Å². The Balaban J connectivity index is 1.61. The Hall–Kier alpha value is -2.14. The van der Waals surface area contributed by atoms with E-state index >= 15 is 0 Å². The highest BCUT2D eigenvalue weighted by Crippen LogP contribution is 2.28. The molecule has 1 fully saturated rings. The second kappa shape index (κ2) is 6.32. The third kappa shape index (κ3) is 2.90. The van der Waals surface area contributed by atoms with E-state index in [9.17, 15) is 4.79 Å². The van der Waals surface area contributed by atoms with E-state index in [-0.39, 0.29) is 5.91 Å². The lowest BCUT2D eigenvalue weighted by Gasteiger charge is -2.33. The van der Waals surface area contributed by atoms with E-state index in [2.05, 4.69) is 11.2 Å².